The van der Waals surface area contributed by atoms with E-state index in [0.717, 1.165) is 40.3 Å². The molecule has 2 heteroatoms. The maximum Gasteiger partial charge on any atom is 0.128 e. The maximum absolute atomic E-state index is 5.91. The van der Waals surface area contributed by atoms with Crippen LogP contribution in [-0.4, -0.2) is 11.8 Å². The second-order valence-electron chi connectivity index (χ2n) is 5.52. The molecular weight excluding hydrogens is 258 g/mol. The molecule has 2 nitrogen and oxygen atoms in total. The highest BCUT2D eigenvalue weighted by Crippen LogP contribution is 2.35. The normalized spacial score (nSPS) is 13.9. The summed E-state index contributed by atoms with van der Waals surface area (Å²) in [7, 11) is 0. The van der Waals surface area contributed by atoms with E-state index in [0.29, 0.717) is 0 Å². The zero-order chi connectivity index (χ0) is 14.8. The fourth-order valence-corrected chi connectivity index (χ4v) is 2.57. The Hall–Kier alpha value is -2.35. The van der Waals surface area contributed by atoms with Crippen LogP contribution in [0.5, 0.6) is 5.75 Å². The molecule has 106 valence electrons. The Balaban J connectivity index is 2.06. The second-order valence-corrected chi connectivity index (χ2v) is 5.52. The number of allylic oxidation sites excluding steroid dienone is 1. The van der Waals surface area contributed by atoms with Gasteiger partial charge in [0, 0.05) is 17.5 Å². The molecule has 0 radical (unpaired) electrons. The predicted octanol–water partition coefficient (Wildman–Crippen LogP) is 5.01. The summed E-state index contributed by atoms with van der Waals surface area (Å²) < 4.78 is 5.91. The van der Waals surface area contributed by atoms with Gasteiger partial charge in [-0.3, -0.25) is 4.99 Å². The van der Waals surface area contributed by atoms with Gasteiger partial charge in [0.05, 0.1) is 17.5 Å². The number of rotatable bonds is 3. The van der Waals surface area contributed by atoms with Crippen LogP contribution in [0.25, 0.3) is 5.57 Å². The Kier molecular flexibility index (Phi) is 3.61. The van der Waals surface area contributed by atoms with Crippen molar-refractivity contribution in [3.8, 4) is 5.75 Å². The summed E-state index contributed by atoms with van der Waals surface area (Å²) in [5.41, 5.74) is 5.32. The van der Waals surface area contributed by atoms with Gasteiger partial charge in [0.25, 0.3) is 0 Å². The molecule has 0 aliphatic carbocycles. The van der Waals surface area contributed by atoms with Gasteiger partial charge in [-0.25, -0.2) is 0 Å². The van der Waals surface area contributed by atoms with E-state index in [9.17, 15) is 0 Å². The molecule has 2 aromatic rings. The first kappa shape index (κ1) is 13.6. The first-order valence-corrected chi connectivity index (χ1v) is 7.26. The van der Waals surface area contributed by atoms with E-state index < -0.39 is 0 Å². The second kappa shape index (κ2) is 5.57. The molecule has 0 aromatic heterocycles. The van der Waals surface area contributed by atoms with Crippen LogP contribution < -0.4 is 4.74 Å². The average molecular weight is 277 g/mol. The number of aliphatic imine (C=N–C) groups is 1. The van der Waals surface area contributed by atoms with Crippen molar-refractivity contribution in [1.82, 2.24) is 0 Å². The summed E-state index contributed by atoms with van der Waals surface area (Å²) in [6.45, 7) is 8.27. The fraction of sp³-hybridized carbons (Fsp3) is 0.211. The van der Waals surface area contributed by atoms with Crippen molar-refractivity contribution in [2.75, 3.05) is 0 Å². The van der Waals surface area contributed by atoms with Crippen molar-refractivity contribution < 1.29 is 4.74 Å². The summed E-state index contributed by atoms with van der Waals surface area (Å²) in [4.78, 5) is 4.81. The van der Waals surface area contributed by atoms with Crippen molar-refractivity contribution in [3.05, 3.63) is 66.2 Å². The number of para-hydroxylation sites is 2. The number of benzene rings is 2. The number of hydrogen-bond acceptors (Lipinski definition) is 2. The van der Waals surface area contributed by atoms with Gasteiger partial charge in [0.15, 0.2) is 0 Å². The fourth-order valence-electron chi connectivity index (χ4n) is 2.57. The minimum atomic E-state index is 0.144. The first-order chi connectivity index (χ1) is 10.1. The average Bonchev–Trinajstić information content (AvgIpc) is 2.47. The lowest BCUT2D eigenvalue weighted by atomic mass is 9.93. The molecule has 21 heavy (non-hydrogen) atoms. The molecule has 0 unspecified atom stereocenters. The molecule has 1 heterocycles. The maximum atomic E-state index is 5.91. The van der Waals surface area contributed by atoms with Gasteiger partial charge in [0.2, 0.25) is 0 Å². The van der Waals surface area contributed by atoms with Gasteiger partial charge in [-0.2, -0.15) is 0 Å². The first-order valence-electron chi connectivity index (χ1n) is 7.26. The molecular formula is C19H19NO. The smallest absolute Gasteiger partial charge is 0.128 e. The Bertz CT molecular complexity index is 713. The molecule has 1 aliphatic heterocycles. The van der Waals surface area contributed by atoms with E-state index in [1.54, 1.807) is 0 Å². The van der Waals surface area contributed by atoms with Gasteiger partial charge in [-0.1, -0.05) is 36.9 Å². The largest absolute Gasteiger partial charge is 0.490 e. The van der Waals surface area contributed by atoms with Gasteiger partial charge < -0.3 is 4.74 Å². The molecule has 2 aromatic carbocycles. The van der Waals surface area contributed by atoms with Crippen molar-refractivity contribution >= 4 is 17.0 Å². The lowest BCUT2D eigenvalue weighted by molar-refractivity contribution is 0.242. The van der Waals surface area contributed by atoms with E-state index in [2.05, 4.69) is 18.7 Å². The van der Waals surface area contributed by atoms with Crippen LogP contribution in [0.4, 0.5) is 5.69 Å². The molecule has 0 spiro atoms. The topological polar surface area (TPSA) is 21.6 Å². The SMILES string of the molecule is C=C1CC(c2ccccc2OC(C)C)=Nc2ccccc21. The number of hydrogen-bond donors (Lipinski definition) is 0. The minimum absolute atomic E-state index is 0.144. The molecule has 0 fully saturated rings. The zero-order valence-electron chi connectivity index (χ0n) is 12.5. The molecule has 0 N–H and O–H groups in total. The highest BCUT2D eigenvalue weighted by Gasteiger charge is 2.19. The Morgan fingerprint density at radius 1 is 1.00 bits per heavy atom. The Labute approximate surface area is 125 Å². The molecule has 3 rings (SSSR count). The predicted molar refractivity (Wildman–Crippen MR) is 88.5 cm³/mol. The molecule has 1 aliphatic rings. The van der Waals surface area contributed by atoms with Crippen LogP contribution in [0.3, 0.4) is 0 Å². The Morgan fingerprint density at radius 2 is 1.67 bits per heavy atom. The van der Waals surface area contributed by atoms with E-state index >= 15 is 0 Å². The lowest BCUT2D eigenvalue weighted by Crippen LogP contribution is -2.12. The third-order valence-corrected chi connectivity index (χ3v) is 3.48. The van der Waals surface area contributed by atoms with Crippen LogP contribution >= 0.6 is 0 Å². The van der Waals surface area contributed by atoms with Crippen LogP contribution in [0.1, 0.15) is 31.4 Å². The van der Waals surface area contributed by atoms with Gasteiger partial charge in [-0.05, 0) is 37.6 Å². The van der Waals surface area contributed by atoms with Crippen LogP contribution in [0.15, 0.2) is 60.1 Å². The molecule has 0 saturated heterocycles. The summed E-state index contributed by atoms with van der Waals surface area (Å²) in [6, 6.07) is 16.2. The molecule has 0 atom stereocenters. The monoisotopic (exact) mass is 277 g/mol. The van der Waals surface area contributed by atoms with Crippen LogP contribution in [-0.2, 0) is 0 Å². The van der Waals surface area contributed by atoms with E-state index in [1.165, 1.54) is 0 Å². The summed E-state index contributed by atoms with van der Waals surface area (Å²) in [6.07, 6.45) is 0.904. The zero-order valence-corrected chi connectivity index (χ0v) is 12.5. The highest BCUT2D eigenvalue weighted by molar-refractivity contribution is 6.11. The Morgan fingerprint density at radius 3 is 2.43 bits per heavy atom. The van der Waals surface area contributed by atoms with E-state index in [1.807, 2.05) is 50.2 Å². The van der Waals surface area contributed by atoms with Gasteiger partial charge in [-0.15, -0.1) is 0 Å². The standard InChI is InChI=1S/C19H19NO/c1-13(2)21-19-11-7-5-9-16(19)18-12-14(3)15-8-4-6-10-17(15)20-18/h4-11,13H,3,12H2,1-2H3. The molecule has 0 saturated carbocycles. The van der Waals surface area contributed by atoms with E-state index in [-0.39, 0.29) is 6.10 Å². The summed E-state index contributed by atoms with van der Waals surface area (Å²) in [5.74, 6) is 0.887. The molecule has 0 bridgehead atoms. The number of ether oxygens (including phenoxy) is 1. The number of fused-ring (bicyclic) bond motifs is 1. The lowest BCUT2D eigenvalue weighted by Gasteiger charge is -2.20. The number of nitrogens with zero attached hydrogens (tertiary/aromatic N) is 1. The minimum Gasteiger partial charge on any atom is -0.490 e. The van der Waals surface area contributed by atoms with Crippen molar-refractivity contribution in [3.63, 3.8) is 0 Å². The van der Waals surface area contributed by atoms with Crippen molar-refractivity contribution in [2.24, 2.45) is 4.99 Å². The third-order valence-electron chi connectivity index (χ3n) is 3.48. The quantitative estimate of drug-likeness (QED) is 0.772. The van der Waals surface area contributed by atoms with Crippen molar-refractivity contribution in [1.29, 1.82) is 0 Å². The molecule has 0 amide bonds. The van der Waals surface area contributed by atoms with Gasteiger partial charge >= 0.3 is 0 Å². The van der Waals surface area contributed by atoms with E-state index in [4.69, 9.17) is 9.73 Å². The van der Waals surface area contributed by atoms with Crippen LogP contribution in [0, 0.1) is 0 Å². The van der Waals surface area contributed by atoms with Crippen molar-refractivity contribution in [2.45, 2.75) is 26.4 Å². The van der Waals surface area contributed by atoms with Gasteiger partial charge in [0.1, 0.15) is 5.75 Å². The summed E-state index contributed by atoms with van der Waals surface area (Å²) in [5, 5.41) is 0. The summed E-state index contributed by atoms with van der Waals surface area (Å²) >= 11 is 0. The third kappa shape index (κ3) is 2.75. The highest BCUT2D eigenvalue weighted by atomic mass is 16.5. The van der Waals surface area contributed by atoms with Crippen LogP contribution in [0.2, 0.25) is 0 Å².